The van der Waals surface area contributed by atoms with Crippen molar-refractivity contribution in [2.75, 3.05) is 7.11 Å². The maximum atomic E-state index is 13.5. The van der Waals surface area contributed by atoms with E-state index in [4.69, 9.17) is 0 Å². The third-order valence-electron chi connectivity index (χ3n) is 2.47. The topological polar surface area (TPSA) is 43.4 Å². The number of methoxy groups -OCH3 is 1. The summed E-state index contributed by atoms with van der Waals surface area (Å²) in [7, 11) is 1.21. The number of hydrogen-bond donors (Lipinski definition) is 0. The Balaban J connectivity index is 2.80. The maximum Gasteiger partial charge on any atom is 0.165 e. The van der Waals surface area contributed by atoms with Gasteiger partial charge in [-0.3, -0.25) is 4.79 Å². The van der Waals surface area contributed by atoms with Crippen molar-refractivity contribution in [3.05, 3.63) is 29.3 Å². The average molecular weight is 256 g/mol. The van der Waals surface area contributed by atoms with Crippen molar-refractivity contribution in [2.24, 2.45) is 0 Å². The van der Waals surface area contributed by atoms with E-state index in [1.54, 1.807) is 0 Å². The van der Waals surface area contributed by atoms with Crippen molar-refractivity contribution in [2.45, 2.75) is 26.2 Å². The zero-order valence-corrected chi connectivity index (χ0v) is 10.3. The first-order chi connectivity index (χ1) is 8.45. The number of carbonyl (C=O) groups is 2. The molecule has 18 heavy (non-hydrogen) atoms. The highest BCUT2D eigenvalue weighted by Crippen LogP contribution is 2.22. The first-order valence-electron chi connectivity index (χ1n) is 5.51. The van der Waals surface area contributed by atoms with E-state index in [-0.39, 0.29) is 29.9 Å². The van der Waals surface area contributed by atoms with Gasteiger partial charge >= 0.3 is 0 Å². The van der Waals surface area contributed by atoms with Gasteiger partial charge in [0.1, 0.15) is 11.6 Å². The second kappa shape index (κ2) is 6.23. The van der Waals surface area contributed by atoms with Crippen molar-refractivity contribution in [1.82, 2.24) is 0 Å². The average Bonchev–Trinajstić information content (AvgIpc) is 2.30. The second-order valence-electron chi connectivity index (χ2n) is 3.95. The van der Waals surface area contributed by atoms with Gasteiger partial charge in [0.05, 0.1) is 12.7 Å². The highest BCUT2D eigenvalue weighted by Gasteiger charge is 2.16. The lowest BCUT2D eigenvalue weighted by atomic mass is 10.0. The summed E-state index contributed by atoms with van der Waals surface area (Å²) in [5, 5.41) is 0. The number of halogens is 2. The Hall–Kier alpha value is -1.78. The van der Waals surface area contributed by atoms with E-state index in [0.717, 1.165) is 12.1 Å². The summed E-state index contributed by atoms with van der Waals surface area (Å²) in [4.78, 5) is 22.3. The molecule has 0 fully saturated rings. The minimum atomic E-state index is -0.818. The summed E-state index contributed by atoms with van der Waals surface area (Å²) < 4.78 is 31.5. The minimum absolute atomic E-state index is 0.0161. The molecule has 0 N–H and O–H groups in total. The van der Waals surface area contributed by atoms with Crippen molar-refractivity contribution >= 4 is 11.6 Å². The summed E-state index contributed by atoms with van der Waals surface area (Å²) in [6, 6.07) is 1.66. The molecule has 0 heterocycles. The van der Waals surface area contributed by atoms with E-state index in [1.165, 1.54) is 14.0 Å². The van der Waals surface area contributed by atoms with Crippen molar-refractivity contribution < 1.29 is 23.1 Å². The van der Waals surface area contributed by atoms with E-state index < -0.39 is 17.4 Å². The van der Waals surface area contributed by atoms with Crippen LogP contribution in [-0.4, -0.2) is 18.7 Å². The molecule has 0 unspecified atom stereocenters. The van der Waals surface area contributed by atoms with Crippen molar-refractivity contribution in [3.63, 3.8) is 0 Å². The largest absolute Gasteiger partial charge is 0.494 e. The molecular weight excluding hydrogens is 242 g/mol. The van der Waals surface area contributed by atoms with Crippen molar-refractivity contribution in [3.8, 4) is 5.75 Å². The Morgan fingerprint density at radius 3 is 2.39 bits per heavy atom. The van der Waals surface area contributed by atoms with Gasteiger partial charge in [-0.25, -0.2) is 8.78 Å². The summed E-state index contributed by atoms with van der Waals surface area (Å²) in [6.45, 7) is 1.41. The molecule has 3 nitrogen and oxygen atoms in total. The first-order valence-corrected chi connectivity index (χ1v) is 5.51. The molecule has 0 aliphatic rings. The molecule has 0 saturated carbocycles. The zero-order valence-electron chi connectivity index (χ0n) is 10.3. The summed E-state index contributed by atoms with van der Waals surface area (Å²) in [5.41, 5.74) is -0.308. The molecule has 1 aromatic rings. The standard InChI is InChI=1S/C13H14F2O3/c1-8(16)4-3-5-12(17)9-6-11(15)13(18-2)7-10(9)14/h6-7H,3-5H2,1-2H3. The van der Waals surface area contributed by atoms with Crippen LogP contribution in [-0.2, 0) is 4.79 Å². The molecule has 98 valence electrons. The molecule has 0 aromatic heterocycles. The lowest BCUT2D eigenvalue weighted by molar-refractivity contribution is -0.117. The number of hydrogen-bond acceptors (Lipinski definition) is 3. The van der Waals surface area contributed by atoms with Crippen LogP contribution >= 0.6 is 0 Å². The van der Waals surface area contributed by atoms with Gasteiger partial charge in [0, 0.05) is 18.9 Å². The van der Waals surface area contributed by atoms with Crippen LogP contribution in [0.4, 0.5) is 8.78 Å². The number of ketones is 2. The molecule has 0 spiro atoms. The lowest BCUT2D eigenvalue weighted by Crippen LogP contribution is -2.05. The molecule has 0 radical (unpaired) electrons. The highest BCUT2D eigenvalue weighted by atomic mass is 19.1. The van der Waals surface area contributed by atoms with Gasteiger partial charge in [0.2, 0.25) is 0 Å². The lowest BCUT2D eigenvalue weighted by Gasteiger charge is -2.06. The van der Waals surface area contributed by atoms with E-state index in [1.807, 2.05) is 0 Å². The Labute approximate surface area is 104 Å². The van der Waals surface area contributed by atoms with Gasteiger partial charge in [-0.15, -0.1) is 0 Å². The number of rotatable bonds is 6. The predicted molar refractivity (Wildman–Crippen MR) is 61.8 cm³/mol. The van der Waals surface area contributed by atoms with Gasteiger partial charge in [-0.2, -0.15) is 0 Å². The Morgan fingerprint density at radius 2 is 1.83 bits per heavy atom. The number of ether oxygens (including phenoxy) is 1. The molecule has 0 aliphatic carbocycles. The summed E-state index contributed by atoms with van der Waals surface area (Å²) in [5.74, 6) is -2.40. The van der Waals surface area contributed by atoms with Gasteiger partial charge in [-0.1, -0.05) is 0 Å². The van der Waals surface area contributed by atoms with E-state index in [9.17, 15) is 18.4 Å². The normalized spacial score (nSPS) is 10.2. The van der Waals surface area contributed by atoms with Crippen LogP contribution in [0.1, 0.15) is 36.5 Å². The highest BCUT2D eigenvalue weighted by molar-refractivity contribution is 5.96. The Kier molecular flexibility index (Phi) is 4.95. The Bertz CT molecular complexity index is 470. The molecule has 0 amide bonds. The first kappa shape index (κ1) is 14.3. The SMILES string of the molecule is COc1cc(F)c(C(=O)CCCC(C)=O)cc1F. The quantitative estimate of drug-likeness (QED) is 0.735. The van der Waals surface area contributed by atoms with Crippen molar-refractivity contribution in [1.29, 1.82) is 0 Å². The third-order valence-corrected chi connectivity index (χ3v) is 2.47. The predicted octanol–water partition coefficient (Wildman–Crippen LogP) is 2.92. The van der Waals surface area contributed by atoms with Gasteiger partial charge in [0.15, 0.2) is 17.3 Å². The number of benzene rings is 1. The molecule has 0 atom stereocenters. The summed E-state index contributed by atoms with van der Waals surface area (Å²) >= 11 is 0. The van der Waals surface area contributed by atoms with Gasteiger partial charge < -0.3 is 9.53 Å². The van der Waals surface area contributed by atoms with E-state index >= 15 is 0 Å². The fourth-order valence-electron chi connectivity index (χ4n) is 1.53. The fourth-order valence-corrected chi connectivity index (χ4v) is 1.53. The van der Waals surface area contributed by atoms with Crippen LogP contribution in [0.3, 0.4) is 0 Å². The molecule has 1 rings (SSSR count). The van der Waals surface area contributed by atoms with Gasteiger partial charge in [-0.05, 0) is 19.4 Å². The molecule has 0 aliphatic heterocycles. The van der Waals surface area contributed by atoms with Crippen LogP contribution < -0.4 is 4.74 Å². The van der Waals surface area contributed by atoms with Crippen LogP contribution in [0.2, 0.25) is 0 Å². The second-order valence-corrected chi connectivity index (χ2v) is 3.95. The molecule has 5 heteroatoms. The third kappa shape index (κ3) is 3.61. The van der Waals surface area contributed by atoms with Crippen LogP contribution in [0.15, 0.2) is 12.1 Å². The number of carbonyl (C=O) groups excluding carboxylic acids is 2. The molecule has 0 saturated heterocycles. The van der Waals surface area contributed by atoms with Gasteiger partial charge in [0.25, 0.3) is 0 Å². The summed E-state index contributed by atoms with van der Waals surface area (Å²) in [6.07, 6.45) is 0.607. The van der Waals surface area contributed by atoms with E-state index in [0.29, 0.717) is 6.42 Å². The van der Waals surface area contributed by atoms with Crippen LogP contribution in [0, 0.1) is 11.6 Å². The molecular formula is C13H14F2O3. The maximum absolute atomic E-state index is 13.5. The zero-order chi connectivity index (χ0) is 13.7. The fraction of sp³-hybridized carbons (Fsp3) is 0.385. The monoisotopic (exact) mass is 256 g/mol. The van der Waals surface area contributed by atoms with Crippen LogP contribution in [0.5, 0.6) is 5.75 Å². The smallest absolute Gasteiger partial charge is 0.165 e. The number of Topliss-reactive ketones (excluding diaryl/α,β-unsaturated/α-hetero) is 2. The van der Waals surface area contributed by atoms with E-state index in [2.05, 4.69) is 4.74 Å². The molecule has 0 bridgehead atoms. The Morgan fingerprint density at radius 1 is 1.17 bits per heavy atom. The van der Waals surface area contributed by atoms with Crippen LogP contribution in [0.25, 0.3) is 0 Å². The minimum Gasteiger partial charge on any atom is -0.494 e. The molecule has 1 aromatic carbocycles.